The number of hydrogen-bond acceptors (Lipinski definition) is 8. The molecule has 1 N–H and O–H groups in total. The molecule has 1 aliphatic rings. The summed E-state index contributed by atoms with van der Waals surface area (Å²) in [6, 6.07) is 15.4. The first-order valence-electron chi connectivity index (χ1n) is 10.7. The van der Waals surface area contributed by atoms with E-state index in [1.54, 1.807) is 19.9 Å². The molecule has 1 atom stereocenters. The van der Waals surface area contributed by atoms with Gasteiger partial charge in [0.15, 0.2) is 0 Å². The SMILES string of the molecule is CC1=C(C(=O)[O-])C(c2cccc([N+](=O)[O-])c2)C(C(=O)OCCN(C)Cc2ccccc2)=C(C)N1.[Na+]. The Morgan fingerprint density at radius 2 is 1.71 bits per heavy atom. The molecule has 0 saturated heterocycles. The quantitative estimate of drug-likeness (QED) is 0.212. The number of aliphatic carboxylic acids is 1. The van der Waals surface area contributed by atoms with Crippen LogP contribution in [0.25, 0.3) is 0 Å². The van der Waals surface area contributed by atoms with Gasteiger partial charge in [0.2, 0.25) is 0 Å². The average Bonchev–Trinajstić information content (AvgIpc) is 2.78. The van der Waals surface area contributed by atoms with Crippen molar-refractivity contribution in [1.82, 2.24) is 10.2 Å². The molecule has 0 radical (unpaired) electrons. The number of nitrogens with zero attached hydrogens (tertiary/aromatic N) is 2. The molecule has 3 rings (SSSR count). The number of carboxylic acids is 1. The van der Waals surface area contributed by atoms with Crippen molar-refractivity contribution in [3.63, 3.8) is 0 Å². The van der Waals surface area contributed by atoms with Gasteiger partial charge in [0.25, 0.3) is 5.69 Å². The number of carbonyl (C=O) groups is 2. The Kier molecular flexibility index (Phi) is 10.2. The zero-order valence-corrected chi connectivity index (χ0v) is 22.2. The van der Waals surface area contributed by atoms with E-state index in [2.05, 4.69) is 5.32 Å². The van der Waals surface area contributed by atoms with Crippen molar-refractivity contribution < 1.29 is 53.9 Å². The van der Waals surface area contributed by atoms with Crippen molar-refractivity contribution in [2.45, 2.75) is 26.3 Å². The third kappa shape index (κ3) is 7.02. The maximum absolute atomic E-state index is 13.1. The van der Waals surface area contributed by atoms with Gasteiger partial charge in [-0.05, 0) is 32.0 Å². The van der Waals surface area contributed by atoms with Crippen molar-refractivity contribution in [2.24, 2.45) is 0 Å². The predicted molar refractivity (Wildman–Crippen MR) is 123 cm³/mol. The van der Waals surface area contributed by atoms with Gasteiger partial charge in [0.05, 0.1) is 16.5 Å². The summed E-state index contributed by atoms with van der Waals surface area (Å²) in [5, 5.41) is 26.2. The average molecular weight is 487 g/mol. The van der Waals surface area contributed by atoms with Crippen LogP contribution in [-0.2, 0) is 20.9 Å². The number of nitrogens with one attached hydrogen (secondary N) is 1. The molecule has 0 saturated carbocycles. The van der Waals surface area contributed by atoms with Gasteiger partial charge in [0.1, 0.15) is 6.61 Å². The van der Waals surface area contributed by atoms with E-state index in [4.69, 9.17) is 4.74 Å². The van der Waals surface area contributed by atoms with E-state index < -0.39 is 22.8 Å². The molecule has 1 unspecified atom stereocenters. The van der Waals surface area contributed by atoms with Crippen LogP contribution in [0.2, 0.25) is 0 Å². The Bertz CT molecular complexity index is 1160. The Hall–Kier alpha value is -2.98. The maximum atomic E-state index is 13.1. The zero-order chi connectivity index (χ0) is 24.8. The Morgan fingerprint density at radius 1 is 1.06 bits per heavy atom. The van der Waals surface area contributed by atoms with E-state index in [1.165, 1.54) is 18.2 Å². The van der Waals surface area contributed by atoms with Gasteiger partial charge in [-0.2, -0.15) is 0 Å². The van der Waals surface area contributed by atoms with Crippen LogP contribution in [0.4, 0.5) is 5.69 Å². The van der Waals surface area contributed by atoms with Gasteiger partial charge in [0, 0.05) is 48.1 Å². The van der Waals surface area contributed by atoms with Crippen LogP contribution in [0.5, 0.6) is 0 Å². The number of hydrogen-bond donors (Lipinski definition) is 1. The summed E-state index contributed by atoms with van der Waals surface area (Å²) in [4.78, 5) is 37.8. The molecular weight excluding hydrogens is 461 g/mol. The van der Waals surface area contributed by atoms with Crippen molar-refractivity contribution in [2.75, 3.05) is 20.2 Å². The minimum atomic E-state index is -1.47. The first-order chi connectivity index (χ1) is 16.2. The first-order valence-corrected chi connectivity index (χ1v) is 10.7. The number of non-ortho nitro benzene ring substituents is 1. The Balaban J connectivity index is 0.00000432. The van der Waals surface area contributed by atoms with Crippen LogP contribution in [0.15, 0.2) is 77.1 Å². The van der Waals surface area contributed by atoms with Crippen molar-refractivity contribution in [3.8, 4) is 0 Å². The van der Waals surface area contributed by atoms with Gasteiger partial charge in [-0.3, -0.25) is 15.0 Å². The monoisotopic (exact) mass is 487 g/mol. The summed E-state index contributed by atoms with van der Waals surface area (Å²) in [5.74, 6) is -3.23. The van der Waals surface area contributed by atoms with Crippen LogP contribution in [-0.4, -0.2) is 42.0 Å². The van der Waals surface area contributed by atoms with Crippen molar-refractivity contribution >= 4 is 17.6 Å². The molecule has 1 aliphatic heterocycles. The first kappa shape index (κ1) is 28.3. The van der Waals surface area contributed by atoms with Crippen LogP contribution < -0.4 is 40.0 Å². The minimum absolute atomic E-state index is 0. The number of carbonyl (C=O) groups excluding carboxylic acids is 2. The van der Waals surface area contributed by atoms with Crippen LogP contribution in [0, 0.1) is 10.1 Å². The van der Waals surface area contributed by atoms with Crippen LogP contribution in [0.3, 0.4) is 0 Å². The maximum Gasteiger partial charge on any atom is 1.00 e. The molecule has 0 amide bonds. The number of esters is 1. The van der Waals surface area contributed by atoms with E-state index in [-0.39, 0.29) is 53.0 Å². The van der Waals surface area contributed by atoms with E-state index in [1.807, 2.05) is 42.3 Å². The number of rotatable bonds is 9. The minimum Gasteiger partial charge on any atom is -0.545 e. The Labute approximate surface area is 225 Å². The molecule has 1 heterocycles. The van der Waals surface area contributed by atoms with Gasteiger partial charge < -0.3 is 20.0 Å². The van der Waals surface area contributed by atoms with Gasteiger partial charge >= 0.3 is 35.5 Å². The summed E-state index contributed by atoms with van der Waals surface area (Å²) in [6.07, 6.45) is 0. The largest absolute Gasteiger partial charge is 1.00 e. The van der Waals surface area contributed by atoms with Crippen molar-refractivity contribution in [1.29, 1.82) is 0 Å². The molecule has 0 aliphatic carbocycles. The molecule has 0 aromatic heterocycles. The molecule has 9 nitrogen and oxygen atoms in total. The number of likely N-dealkylation sites (N-methyl/N-ethyl adjacent to an activating group) is 1. The fourth-order valence-corrected chi connectivity index (χ4v) is 4.03. The molecule has 35 heavy (non-hydrogen) atoms. The normalized spacial score (nSPS) is 15.4. The summed E-state index contributed by atoms with van der Waals surface area (Å²) >= 11 is 0. The number of nitro groups is 1. The molecular formula is C25H26N3NaO6. The predicted octanol–water partition coefficient (Wildman–Crippen LogP) is -0.741. The summed E-state index contributed by atoms with van der Waals surface area (Å²) in [6.45, 7) is 4.42. The molecule has 2 aromatic carbocycles. The van der Waals surface area contributed by atoms with Crippen LogP contribution in [0.1, 0.15) is 30.9 Å². The van der Waals surface area contributed by atoms with Crippen molar-refractivity contribution in [3.05, 3.63) is 98.4 Å². The zero-order valence-electron chi connectivity index (χ0n) is 20.2. The molecule has 0 fully saturated rings. The van der Waals surface area contributed by atoms with Crippen LogP contribution >= 0.6 is 0 Å². The van der Waals surface area contributed by atoms with Gasteiger partial charge in [-0.25, -0.2) is 4.79 Å². The van der Waals surface area contributed by atoms with E-state index in [9.17, 15) is 24.8 Å². The molecule has 10 heteroatoms. The number of allylic oxidation sites excluding steroid dienone is 2. The number of benzene rings is 2. The topological polar surface area (TPSA) is 125 Å². The molecule has 2 aromatic rings. The summed E-state index contributed by atoms with van der Waals surface area (Å²) in [5.41, 5.74) is 1.84. The molecule has 0 spiro atoms. The number of ether oxygens (including phenoxy) is 1. The van der Waals surface area contributed by atoms with E-state index >= 15 is 0 Å². The second-order valence-electron chi connectivity index (χ2n) is 8.13. The Morgan fingerprint density at radius 3 is 2.34 bits per heavy atom. The van der Waals surface area contributed by atoms with E-state index in [0.29, 0.717) is 30.0 Å². The summed E-state index contributed by atoms with van der Waals surface area (Å²) in [7, 11) is 1.90. The van der Waals surface area contributed by atoms with Gasteiger partial charge in [-0.15, -0.1) is 0 Å². The van der Waals surface area contributed by atoms with E-state index in [0.717, 1.165) is 5.56 Å². The summed E-state index contributed by atoms with van der Waals surface area (Å²) < 4.78 is 5.50. The third-order valence-corrected chi connectivity index (χ3v) is 5.62. The number of dihydropyridines is 1. The molecule has 178 valence electrons. The second-order valence-corrected chi connectivity index (χ2v) is 8.13. The third-order valence-electron chi connectivity index (χ3n) is 5.62. The molecule has 0 bridgehead atoms. The van der Waals surface area contributed by atoms with Gasteiger partial charge in [-0.1, -0.05) is 42.5 Å². The fourth-order valence-electron chi connectivity index (χ4n) is 4.03. The smallest absolute Gasteiger partial charge is 0.545 e. The standard InChI is InChI=1S/C25H27N3O6.Na/c1-16-21(24(29)30)23(19-10-7-11-20(14-19)28(32)33)22(17(2)26-16)25(31)34-13-12-27(3)15-18-8-5-4-6-9-18;/h4-11,14,23,26H,12-13,15H2,1-3H3,(H,29,30);/q;+1/p-1. The number of carboxylic acid groups (broad SMARTS) is 1. The number of nitro benzene ring substituents is 1. The fraction of sp³-hybridized carbons (Fsp3) is 0.280. The second kappa shape index (κ2) is 12.6.